The van der Waals surface area contributed by atoms with Crippen LogP contribution in [0.3, 0.4) is 0 Å². The van der Waals surface area contributed by atoms with Crippen LogP contribution < -0.4 is 11.1 Å². The third-order valence-corrected chi connectivity index (χ3v) is 6.97. The Morgan fingerprint density at radius 1 is 1.24 bits per heavy atom. The first kappa shape index (κ1) is 28.7. The number of aryl methyl sites for hydroxylation is 1. The van der Waals surface area contributed by atoms with Crippen molar-refractivity contribution in [3.05, 3.63) is 94.1 Å². The van der Waals surface area contributed by atoms with Crippen LogP contribution in [-0.2, 0) is 20.9 Å². The first-order chi connectivity index (χ1) is 18.1. The molecule has 0 spiro atoms. The number of allylic oxidation sites excluding steroid dienone is 2. The van der Waals surface area contributed by atoms with E-state index in [9.17, 15) is 14.7 Å². The van der Waals surface area contributed by atoms with Crippen molar-refractivity contribution in [3.8, 4) is 0 Å². The Balaban J connectivity index is 2.08. The number of carboxylic acids is 1. The summed E-state index contributed by atoms with van der Waals surface area (Å²) in [6, 6.07) is 9.85. The van der Waals surface area contributed by atoms with Crippen LogP contribution in [0.2, 0.25) is 0 Å². The molecule has 0 aromatic heterocycles. The number of ether oxygens (including phenoxy) is 1. The van der Waals surface area contributed by atoms with Crippen molar-refractivity contribution in [2.45, 2.75) is 46.1 Å². The van der Waals surface area contributed by atoms with E-state index in [2.05, 4.69) is 11.9 Å². The van der Waals surface area contributed by atoms with E-state index in [4.69, 9.17) is 10.5 Å². The molecule has 0 saturated heterocycles. The molecule has 0 saturated carbocycles. The number of amides is 1. The maximum atomic E-state index is 13.2. The highest BCUT2D eigenvalue weighted by Gasteiger charge is 2.23. The SMILES string of the molecule is C=C/C1=C\C=C(/C)COCCCNc2ccc(c(C)c2N)C(CC(=O)O)c2ccc(C)c(c2)CN(C)C1=O. The second-order valence-electron chi connectivity index (χ2n) is 9.91. The number of hydrogen-bond donors (Lipinski definition) is 3. The van der Waals surface area contributed by atoms with Crippen molar-refractivity contribution in [1.82, 2.24) is 4.90 Å². The second kappa shape index (κ2) is 13.1. The number of hydrogen-bond acceptors (Lipinski definition) is 5. The molecule has 202 valence electrons. The molecule has 2 aromatic carbocycles. The number of nitrogens with two attached hydrogens (primary N) is 1. The molecule has 2 aliphatic heterocycles. The topological polar surface area (TPSA) is 105 Å². The molecular formula is C31H39N3O4. The normalized spacial score (nSPS) is 20.4. The minimum absolute atomic E-state index is 0.0727. The summed E-state index contributed by atoms with van der Waals surface area (Å²) >= 11 is 0. The smallest absolute Gasteiger partial charge is 0.304 e. The van der Waals surface area contributed by atoms with Gasteiger partial charge in [-0.1, -0.05) is 43.0 Å². The summed E-state index contributed by atoms with van der Waals surface area (Å²) in [6.07, 6.45) is 5.94. The van der Waals surface area contributed by atoms with Gasteiger partial charge in [0.2, 0.25) is 0 Å². The van der Waals surface area contributed by atoms with Crippen molar-refractivity contribution < 1.29 is 19.4 Å². The quantitative estimate of drug-likeness (QED) is 0.475. The molecule has 4 rings (SSSR count). The minimum Gasteiger partial charge on any atom is -0.481 e. The Bertz CT molecular complexity index is 1260. The van der Waals surface area contributed by atoms with Gasteiger partial charge >= 0.3 is 5.97 Å². The van der Waals surface area contributed by atoms with Crippen LogP contribution in [-0.4, -0.2) is 48.7 Å². The molecule has 0 radical (unpaired) electrons. The molecule has 4 N–H and O–H groups in total. The summed E-state index contributed by atoms with van der Waals surface area (Å²) in [5.41, 5.74) is 14.0. The number of nitrogens with zero attached hydrogens (tertiary/aromatic N) is 1. The van der Waals surface area contributed by atoms with Crippen molar-refractivity contribution in [2.75, 3.05) is 37.9 Å². The van der Waals surface area contributed by atoms with Gasteiger partial charge in [-0.3, -0.25) is 9.59 Å². The fourth-order valence-corrected chi connectivity index (χ4v) is 4.62. The number of carboxylic acid groups (broad SMARTS) is 1. The van der Waals surface area contributed by atoms with Crippen LogP contribution in [0.15, 0.2) is 66.3 Å². The molecule has 1 unspecified atom stereocenters. The van der Waals surface area contributed by atoms with E-state index in [1.54, 1.807) is 24.1 Å². The van der Waals surface area contributed by atoms with Crippen LogP contribution in [0.1, 0.15) is 53.5 Å². The number of nitrogen functional groups attached to an aromatic ring is 1. The third-order valence-electron chi connectivity index (χ3n) is 6.97. The number of carbonyl (C=O) groups excluding carboxylic acids is 1. The van der Waals surface area contributed by atoms with Crippen molar-refractivity contribution >= 4 is 23.3 Å². The standard InChI is InChI=1S/C31H39N3O4/c1-6-23-10-8-20(2)19-38-15-7-14-33-28-13-12-26(22(4)30(28)32)27(17-29(35)36)24-11-9-21(3)25(16-24)18-34(5)31(23)37/h6,8-13,16,27,33H,1,7,14-15,17-19,32H2,2-5H3,(H,35,36)/b20-8+,23-10+. The first-order valence-corrected chi connectivity index (χ1v) is 12.9. The summed E-state index contributed by atoms with van der Waals surface area (Å²) in [5.74, 6) is -1.42. The minimum atomic E-state index is -0.890. The number of rotatable bonds is 3. The lowest BCUT2D eigenvalue weighted by Gasteiger charge is -2.24. The molecule has 4 bridgehead atoms. The zero-order valence-electron chi connectivity index (χ0n) is 22.8. The molecule has 0 fully saturated rings. The lowest BCUT2D eigenvalue weighted by Crippen LogP contribution is -2.27. The molecular weight excluding hydrogens is 478 g/mol. The fraction of sp³-hybridized carbons (Fsp3) is 0.355. The van der Waals surface area contributed by atoms with Crippen LogP contribution in [0.4, 0.5) is 11.4 Å². The molecule has 1 atom stereocenters. The number of benzene rings is 2. The van der Waals surface area contributed by atoms with Gasteiger partial charge < -0.3 is 25.8 Å². The molecule has 2 aromatic rings. The number of carbonyl (C=O) groups is 2. The largest absolute Gasteiger partial charge is 0.481 e. The monoisotopic (exact) mass is 517 g/mol. The fourth-order valence-electron chi connectivity index (χ4n) is 4.62. The molecule has 2 aliphatic rings. The van der Waals surface area contributed by atoms with Gasteiger partial charge in [0.25, 0.3) is 5.91 Å². The van der Waals surface area contributed by atoms with Gasteiger partial charge in [-0.15, -0.1) is 0 Å². The van der Waals surface area contributed by atoms with Gasteiger partial charge in [-0.2, -0.15) is 0 Å². The molecule has 2 heterocycles. The van der Waals surface area contributed by atoms with Gasteiger partial charge in [-0.25, -0.2) is 0 Å². The van der Waals surface area contributed by atoms with Gasteiger partial charge in [0.05, 0.1) is 24.4 Å². The maximum Gasteiger partial charge on any atom is 0.304 e. The van der Waals surface area contributed by atoms with E-state index in [-0.39, 0.29) is 18.2 Å². The number of anilines is 2. The summed E-state index contributed by atoms with van der Waals surface area (Å²) < 4.78 is 5.79. The summed E-state index contributed by atoms with van der Waals surface area (Å²) in [5, 5.41) is 13.1. The molecule has 1 amide bonds. The number of likely N-dealkylation sites (N-methyl/N-ethyl adjacent to an activating group) is 1. The van der Waals surface area contributed by atoms with E-state index in [1.165, 1.54) is 0 Å². The van der Waals surface area contributed by atoms with E-state index in [0.29, 0.717) is 37.6 Å². The number of nitrogens with one attached hydrogen (secondary N) is 1. The average molecular weight is 518 g/mol. The third kappa shape index (κ3) is 7.13. The number of aliphatic carboxylic acids is 1. The van der Waals surface area contributed by atoms with Crippen molar-refractivity contribution in [1.29, 1.82) is 0 Å². The Morgan fingerprint density at radius 3 is 2.71 bits per heavy atom. The average Bonchev–Trinajstić information content (AvgIpc) is 2.88. The number of fused-ring (bicyclic) bond motifs is 12. The maximum absolute atomic E-state index is 13.2. The molecule has 38 heavy (non-hydrogen) atoms. The van der Waals surface area contributed by atoms with E-state index in [0.717, 1.165) is 45.5 Å². The van der Waals surface area contributed by atoms with Crippen LogP contribution >= 0.6 is 0 Å². The summed E-state index contributed by atoms with van der Waals surface area (Å²) in [4.78, 5) is 26.8. The van der Waals surface area contributed by atoms with E-state index >= 15 is 0 Å². The Labute approximate surface area is 225 Å². The van der Waals surface area contributed by atoms with Gasteiger partial charge in [0, 0.05) is 38.2 Å². The van der Waals surface area contributed by atoms with E-state index < -0.39 is 5.97 Å². The lowest BCUT2D eigenvalue weighted by atomic mass is 9.84. The summed E-state index contributed by atoms with van der Waals surface area (Å²) in [7, 11) is 1.76. The van der Waals surface area contributed by atoms with E-state index in [1.807, 2.05) is 57.2 Å². The second-order valence-corrected chi connectivity index (χ2v) is 9.91. The van der Waals surface area contributed by atoms with Crippen LogP contribution in [0.25, 0.3) is 0 Å². The van der Waals surface area contributed by atoms with Gasteiger partial charge in [0.15, 0.2) is 0 Å². The Kier molecular flexibility index (Phi) is 9.91. The highest BCUT2D eigenvalue weighted by molar-refractivity contribution is 5.96. The van der Waals surface area contributed by atoms with Crippen molar-refractivity contribution in [2.24, 2.45) is 0 Å². The Hall–Kier alpha value is -3.84. The van der Waals surface area contributed by atoms with Crippen LogP contribution in [0.5, 0.6) is 0 Å². The van der Waals surface area contributed by atoms with Gasteiger partial charge in [-0.05, 0) is 72.7 Å². The highest BCUT2D eigenvalue weighted by Crippen LogP contribution is 2.36. The zero-order valence-corrected chi connectivity index (χ0v) is 22.8. The van der Waals surface area contributed by atoms with Gasteiger partial charge in [0.1, 0.15) is 0 Å². The zero-order chi connectivity index (χ0) is 27.8. The highest BCUT2D eigenvalue weighted by atomic mass is 16.5. The van der Waals surface area contributed by atoms with Crippen molar-refractivity contribution in [3.63, 3.8) is 0 Å². The predicted molar refractivity (Wildman–Crippen MR) is 153 cm³/mol. The first-order valence-electron chi connectivity index (χ1n) is 12.9. The Morgan fingerprint density at radius 2 is 2.00 bits per heavy atom. The van der Waals surface area contributed by atoms with Crippen LogP contribution in [0, 0.1) is 13.8 Å². The molecule has 7 nitrogen and oxygen atoms in total. The summed E-state index contributed by atoms with van der Waals surface area (Å²) in [6.45, 7) is 11.8. The lowest BCUT2D eigenvalue weighted by molar-refractivity contribution is -0.137. The molecule has 7 heteroatoms. The molecule has 0 aliphatic carbocycles. The predicted octanol–water partition coefficient (Wildman–Crippen LogP) is 5.34.